The van der Waals surface area contributed by atoms with E-state index in [-0.39, 0.29) is 40.9 Å². The highest BCUT2D eigenvalue weighted by Crippen LogP contribution is 2.50. The Labute approximate surface area is 196 Å². The van der Waals surface area contributed by atoms with Gasteiger partial charge >= 0.3 is 6.03 Å². The SMILES string of the molecule is C[C@H]1CN2c3c(cc(-c4nnc(C5CC5)s4)c(F)c3F)CC3(C(=O)NC(=O)NC3=O)C2[C@@H](C)O1. The number of rotatable bonds is 2. The molecule has 12 heteroatoms. The Bertz CT molecular complexity index is 1240. The highest BCUT2D eigenvalue weighted by Gasteiger charge is 2.63. The van der Waals surface area contributed by atoms with Gasteiger partial charge in [0.05, 0.1) is 29.5 Å². The van der Waals surface area contributed by atoms with E-state index in [0.717, 1.165) is 17.8 Å². The van der Waals surface area contributed by atoms with E-state index < -0.39 is 47.0 Å². The molecule has 34 heavy (non-hydrogen) atoms. The molecule has 1 aromatic carbocycles. The molecule has 3 fully saturated rings. The van der Waals surface area contributed by atoms with Crippen molar-refractivity contribution in [2.24, 2.45) is 5.41 Å². The molecule has 2 saturated heterocycles. The Morgan fingerprint density at radius 2 is 1.82 bits per heavy atom. The highest BCUT2D eigenvalue weighted by atomic mass is 32.1. The number of nitrogens with zero attached hydrogens (tertiary/aromatic N) is 3. The predicted molar refractivity (Wildman–Crippen MR) is 116 cm³/mol. The molecular formula is C22H21F2N5O4S. The normalized spacial score (nSPS) is 27.8. The first-order valence-corrected chi connectivity index (χ1v) is 12.0. The first-order chi connectivity index (χ1) is 16.2. The summed E-state index contributed by atoms with van der Waals surface area (Å²) in [6.45, 7) is 3.60. The molecule has 4 aliphatic rings. The van der Waals surface area contributed by atoms with Crippen LogP contribution < -0.4 is 15.5 Å². The van der Waals surface area contributed by atoms with Gasteiger partial charge in [-0.2, -0.15) is 0 Å². The molecule has 2 N–H and O–H groups in total. The summed E-state index contributed by atoms with van der Waals surface area (Å²) in [5, 5.41) is 13.6. The minimum absolute atomic E-state index is 0.00306. The lowest BCUT2D eigenvalue weighted by molar-refractivity contribution is -0.153. The maximum Gasteiger partial charge on any atom is 0.328 e. The van der Waals surface area contributed by atoms with Gasteiger partial charge in [0.15, 0.2) is 22.1 Å². The number of hydrogen-bond donors (Lipinski definition) is 2. The van der Waals surface area contributed by atoms with Crippen molar-refractivity contribution in [3.63, 3.8) is 0 Å². The fourth-order valence-electron chi connectivity index (χ4n) is 5.53. The van der Waals surface area contributed by atoms with E-state index in [1.807, 2.05) is 0 Å². The molecule has 9 nitrogen and oxygen atoms in total. The molecule has 1 saturated carbocycles. The number of imide groups is 2. The van der Waals surface area contributed by atoms with Gasteiger partial charge in [0.1, 0.15) is 5.01 Å². The van der Waals surface area contributed by atoms with Gasteiger partial charge in [-0.25, -0.2) is 13.6 Å². The van der Waals surface area contributed by atoms with Crippen LogP contribution in [0.5, 0.6) is 0 Å². The number of halogens is 2. The minimum Gasteiger partial charge on any atom is -0.372 e. The topological polar surface area (TPSA) is 114 Å². The van der Waals surface area contributed by atoms with Gasteiger partial charge in [0, 0.05) is 18.9 Å². The minimum atomic E-state index is -1.76. The van der Waals surface area contributed by atoms with Crippen LogP contribution in [-0.4, -0.2) is 52.8 Å². The molecule has 1 unspecified atom stereocenters. The Balaban J connectivity index is 1.54. The number of carbonyl (C=O) groups is 3. The van der Waals surface area contributed by atoms with E-state index in [9.17, 15) is 14.4 Å². The van der Waals surface area contributed by atoms with Crippen molar-refractivity contribution in [2.75, 3.05) is 11.4 Å². The number of aromatic nitrogens is 2. The van der Waals surface area contributed by atoms with Crippen LogP contribution in [0.3, 0.4) is 0 Å². The number of ether oxygens (including phenoxy) is 1. The first-order valence-electron chi connectivity index (χ1n) is 11.1. The number of morpholine rings is 1. The Kier molecular flexibility index (Phi) is 4.59. The zero-order chi connectivity index (χ0) is 23.9. The molecule has 4 heterocycles. The van der Waals surface area contributed by atoms with Crippen molar-refractivity contribution in [3.8, 4) is 10.6 Å². The second kappa shape index (κ2) is 7.25. The second-order valence-corrected chi connectivity index (χ2v) is 10.4. The number of urea groups is 1. The predicted octanol–water partition coefficient (Wildman–Crippen LogP) is 2.25. The van der Waals surface area contributed by atoms with Crippen molar-refractivity contribution >= 4 is 34.9 Å². The van der Waals surface area contributed by atoms with E-state index >= 15 is 8.78 Å². The average molecular weight is 490 g/mol. The summed E-state index contributed by atoms with van der Waals surface area (Å²) in [5.74, 6) is -3.38. The molecular weight excluding hydrogens is 468 g/mol. The summed E-state index contributed by atoms with van der Waals surface area (Å²) in [7, 11) is 0. The van der Waals surface area contributed by atoms with Crippen molar-refractivity contribution in [3.05, 3.63) is 28.3 Å². The number of carbonyl (C=O) groups excluding carboxylic acids is 3. The molecule has 178 valence electrons. The summed E-state index contributed by atoms with van der Waals surface area (Å²) in [5.41, 5.74) is -1.53. The van der Waals surface area contributed by atoms with Crippen LogP contribution in [-0.2, 0) is 20.7 Å². The lowest BCUT2D eigenvalue weighted by atomic mass is 9.66. The van der Waals surface area contributed by atoms with Crippen molar-refractivity contribution in [1.29, 1.82) is 0 Å². The van der Waals surface area contributed by atoms with E-state index in [1.165, 1.54) is 17.4 Å². The average Bonchev–Trinajstić information content (AvgIpc) is 3.50. The number of barbiturate groups is 1. The Hall–Kier alpha value is -2.99. The van der Waals surface area contributed by atoms with Crippen LogP contribution >= 0.6 is 11.3 Å². The number of fused-ring (bicyclic) bond motifs is 4. The van der Waals surface area contributed by atoms with Crippen LogP contribution in [0.4, 0.5) is 19.3 Å². The summed E-state index contributed by atoms with van der Waals surface area (Å²) < 4.78 is 37.0. The molecule has 6 rings (SSSR count). The van der Waals surface area contributed by atoms with Crippen LogP contribution in [0.1, 0.15) is 43.2 Å². The molecule has 1 spiro atoms. The van der Waals surface area contributed by atoms with Crippen molar-refractivity contribution in [1.82, 2.24) is 20.8 Å². The molecule has 1 aromatic heterocycles. The van der Waals surface area contributed by atoms with Gasteiger partial charge in [-0.3, -0.25) is 20.2 Å². The number of amides is 4. The maximum atomic E-state index is 15.7. The molecule has 3 aliphatic heterocycles. The van der Waals surface area contributed by atoms with E-state index in [4.69, 9.17) is 4.74 Å². The highest BCUT2D eigenvalue weighted by molar-refractivity contribution is 7.14. The molecule has 0 radical (unpaired) electrons. The van der Waals surface area contributed by atoms with Gasteiger partial charge in [0.2, 0.25) is 11.8 Å². The molecule has 1 aliphatic carbocycles. The van der Waals surface area contributed by atoms with Crippen molar-refractivity contribution < 1.29 is 27.9 Å². The molecule has 2 aromatic rings. The Morgan fingerprint density at radius 3 is 2.50 bits per heavy atom. The quantitative estimate of drug-likeness (QED) is 0.622. The first kappa shape index (κ1) is 21.5. The van der Waals surface area contributed by atoms with Gasteiger partial charge in [0.25, 0.3) is 0 Å². The lowest BCUT2D eigenvalue weighted by Gasteiger charge is -2.55. The standard InChI is InChI=1S/C22H21F2N5O4S/c1-8-7-29-15-11(5-12(13(23)14(15)24)18-28-27-17(34-18)10-3-4-10)6-22(16(29)9(2)33-8)19(30)25-21(32)26-20(22)31/h5,8-10,16H,3-4,6-7H2,1-2H3,(H2,25,26,30,31,32)/t8-,9+,16?/m0/s1. The van der Waals surface area contributed by atoms with E-state index in [0.29, 0.717) is 5.92 Å². The summed E-state index contributed by atoms with van der Waals surface area (Å²) in [6, 6.07) is -0.403. The number of benzene rings is 1. The summed E-state index contributed by atoms with van der Waals surface area (Å²) in [6.07, 6.45) is 0.728. The molecule has 3 atom stereocenters. The van der Waals surface area contributed by atoms with Gasteiger partial charge in [-0.1, -0.05) is 11.3 Å². The monoisotopic (exact) mass is 489 g/mol. The van der Waals surface area contributed by atoms with E-state index in [2.05, 4.69) is 20.8 Å². The fourth-order valence-corrected chi connectivity index (χ4v) is 6.55. The third-order valence-electron chi connectivity index (χ3n) is 7.06. The van der Waals surface area contributed by atoms with Crippen LogP contribution in [0.15, 0.2) is 6.07 Å². The third kappa shape index (κ3) is 2.94. The van der Waals surface area contributed by atoms with Gasteiger partial charge in [-0.05, 0) is 38.3 Å². The van der Waals surface area contributed by atoms with Gasteiger partial charge in [-0.15, -0.1) is 10.2 Å². The maximum absolute atomic E-state index is 15.7. The van der Waals surface area contributed by atoms with Crippen LogP contribution in [0.2, 0.25) is 0 Å². The van der Waals surface area contributed by atoms with Crippen molar-refractivity contribution in [2.45, 2.75) is 57.3 Å². The smallest absolute Gasteiger partial charge is 0.328 e. The zero-order valence-electron chi connectivity index (χ0n) is 18.4. The van der Waals surface area contributed by atoms with Crippen LogP contribution in [0, 0.1) is 17.0 Å². The fraction of sp³-hybridized carbons (Fsp3) is 0.500. The molecule has 0 bridgehead atoms. The van der Waals surface area contributed by atoms with Crippen LogP contribution in [0.25, 0.3) is 10.6 Å². The third-order valence-corrected chi connectivity index (χ3v) is 8.18. The zero-order valence-corrected chi connectivity index (χ0v) is 19.2. The second-order valence-electron chi connectivity index (χ2n) is 9.41. The lowest BCUT2D eigenvalue weighted by Crippen LogP contribution is -2.75. The number of anilines is 1. The largest absolute Gasteiger partial charge is 0.372 e. The summed E-state index contributed by atoms with van der Waals surface area (Å²) >= 11 is 1.22. The number of nitrogens with one attached hydrogen (secondary N) is 2. The van der Waals surface area contributed by atoms with Gasteiger partial charge < -0.3 is 9.64 Å². The number of hydrogen-bond acceptors (Lipinski definition) is 8. The Morgan fingerprint density at radius 1 is 1.12 bits per heavy atom. The van der Waals surface area contributed by atoms with E-state index in [1.54, 1.807) is 18.7 Å². The summed E-state index contributed by atoms with van der Waals surface area (Å²) in [4.78, 5) is 39.8. The molecule has 4 amide bonds.